The van der Waals surface area contributed by atoms with Crippen LogP contribution in [-0.2, 0) is 9.47 Å². The Morgan fingerprint density at radius 1 is 1.17 bits per heavy atom. The van der Waals surface area contributed by atoms with Gasteiger partial charge in [0.05, 0.1) is 17.7 Å². The molecule has 3 atom stereocenters. The molecule has 186 valence electrons. The lowest BCUT2D eigenvalue weighted by Crippen LogP contribution is -2.45. The molecule has 1 amide bonds. The number of halogens is 1. The van der Waals surface area contributed by atoms with Gasteiger partial charge in [0.15, 0.2) is 5.76 Å². The Labute approximate surface area is 209 Å². The average Bonchev–Trinajstić information content (AvgIpc) is 3.40. The molecule has 0 bridgehead atoms. The summed E-state index contributed by atoms with van der Waals surface area (Å²) >= 11 is 5.97. The SMILES string of the molecule is Cc1cc(N2C(=O)OC[C@@H]2[C@@H](C)OC(C)(C)C)nc(N[C@@H](C)c2cc(-c3ccc(Cl)cc3)on2)n1. The van der Waals surface area contributed by atoms with E-state index in [2.05, 4.69) is 20.4 Å². The van der Waals surface area contributed by atoms with Gasteiger partial charge in [0.1, 0.15) is 24.2 Å². The van der Waals surface area contributed by atoms with E-state index in [-0.39, 0.29) is 30.4 Å². The van der Waals surface area contributed by atoms with E-state index in [0.29, 0.717) is 33.9 Å². The summed E-state index contributed by atoms with van der Waals surface area (Å²) in [6.07, 6.45) is -0.714. The van der Waals surface area contributed by atoms with Gasteiger partial charge in [-0.3, -0.25) is 4.90 Å². The van der Waals surface area contributed by atoms with E-state index in [9.17, 15) is 4.79 Å². The van der Waals surface area contributed by atoms with Crippen LogP contribution in [0.1, 0.15) is 52.0 Å². The number of anilines is 2. The Morgan fingerprint density at radius 3 is 2.57 bits per heavy atom. The standard InChI is InChI=1S/C25H30ClN5O4/c1-14-11-22(31-20(13-33-24(31)32)16(3)34-25(4,5)6)29-23(27-14)28-15(2)19-12-21(35-30-19)17-7-9-18(26)10-8-17/h7-12,15-16,20H,13H2,1-6H3,(H,27,28,29)/t15-,16+,20+/m0/s1. The lowest BCUT2D eigenvalue weighted by Gasteiger charge is -2.31. The van der Waals surface area contributed by atoms with Gasteiger partial charge in [0, 0.05) is 28.4 Å². The third-order valence-electron chi connectivity index (χ3n) is 5.52. The largest absolute Gasteiger partial charge is 0.447 e. The smallest absolute Gasteiger partial charge is 0.416 e. The maximum Gasteiger partial charge on any atom is 0.416 e. The first-order chi connectivity index (χ1) is 16.5. The van der Waals surface area contributed by atoms with Crippen LogP contribution in [-0.4, -0.2) is 45.6 Å². The van der Waals surface area contributed by atoms with Crippen LogP contribution in [0, 0.1) is 6.92 Å². The molecule has 2 aromatic heterocycles. The Bertz CT molecular complexity index is 1190. The number of hydrogen-bond donors (Lipinski definition) is 1. The molecule has 0 spiro atoms. The number of ether oxygens (including phenoxy) is 2. The molecule has 9 nitrogen and oxygen atoms in total. The fraction of sp³-hybridized carbons (Fsp3) is 0.440. The van der Waals surface area contributed by atoms with Gasteiger partial charge in [0.25, 0.3) is 0 Å². The van der Waals surface area contributed by atoms with E-state index in [1.807, 2.05) is 59.7 Å². The van der Waals surface area contributed by atoms with Crippen LogP contribution >= 0.6 is 11.6 Å². The molecule has 3 aromatic rings. The number of rotatable bonds is 7. The molecule has 0 unspecified atom stereocenters. The van der Waals surface area contributed by atoms with Gasteiger partial charge >= 0.3 is 6.09 Å². The van der Waals surface area contributed by atoms with Gasteiger partial charge in [-0.25, -0.2) is 9.78 Å². The van der Waals surface area contributed by atoms with E-state index >= 15 is 0 Å². The molecule has 1 fully saturated rings. The highest BCUT2D eigenvalue weighted by Crippen LogP contribution is 2.29. The first-order valence-electron chi connectivity index (χ1n) is 11.5. The Morgan fingerprint density at radius 2 is 1.89 bits per heavy atom. The summed E-state index contributed by atoms with van der Waals surface area (Å²) in [7, 11) is 0. The third-order valence-corrected chi connectivity index (χ3v) is 5.77. The zero-order chi connectivity index (χ0) is 25.3. The minimum absolute atomic E-state index is 0.227. The Balaban J connectivity index is 1.53. The number of aryl methyl sites for hydroxylation is 1. The molecule has 1 aliphatic rings. The molecule has 0 aliphatic carbocycles. The van der Waals surface area contributed by atoms with Crippen molar-refractivity contribution in [3.05, 3.63) is 52.8 Å². The quantitative estimate of drug-likeness (QED) is 0.435. The summed E-state index contributed by atoms with van der Waals surface area (Å²) in [5.74, 6) is 1.45. The number of aromatic nitrogens is 3. The first-order valence-corrected chi connectivity index (χ1v) is 11.9. The maximum absolute atomic E-state index is 12.6. The van der Waals surface area contributed by atoms with Crippen molar-refractivity contribution >= 4 is 29.5 Å². The number of nitrogens with zero attached hydrogens (tertiary/aromatic N) is 4. The minimum Gasteiger partial charge on any atom is -0.447 e. The second-order valence-electron chi connectivity index (χ2n) is 9.63. The zero-order valence-electron chi connectivity index (χ0n) is 20.7. The van der Waals surface area contributed by atoms with Gasteiger partial charge in [-0.15, -0.1) is 0 Å². The number of carbonyl (C=O) groups excluding carboxylic acids is 1. The molecule has 0 saturated carbocycles. The predicted octanol–water partition coefficient (Wildman–Crippen LogP) is 5.80. The van der Waals surface area contributed by atoms with Crippen molar-refractivity contribution in [2.24, 2.45) is 0 Å². The number of cyclic esters (lactones) is 1. The van der Waals surface area contributed by atoms with Crippen molar-refractivity contribution in [2.45, 2.75) is 65.3 Å². The van der Waals surface area contributed by atoms with Crippen LogP contribution in [0.25, 0.3) is 11.3 Å². The number of nitrogens with one attached hydrogen (secondary N) is 1. The van der Waals surface area contributed by atoms with Crippen molar-refractivity contribution in [1.82, 2.24) is 15.1 Å². The molecular weight excluding hydrogens is 470 g/mol. The van der Waals surface area contributed by atoms with E-state index in [1.54, 1.807) is 18.2 Å². The molecule has 1 N–H and O–H groups in total. The topological polar surface area (TPSA) is 103 Å². The van der Waals surface area contributed by atoms with Crippen molar-refractivity contribution in [1.29, 1.82) is 0 Å². The summed E-state index contributed by atoms with van der Waals surface area (Å²) in [5, 5.41) is 8.10. The van der Waals surface area contributed by atoms with E-state index in [1.165, 1.54) is 4.90 Å². The molecule has 4 rings (SSSR count). The van der Waals surface area contributed by atoms with Crippen molar-refractivity contribution in [3.8, 4) is 11.3 Å². The molecule has 1 aromatic carbocycles. The van der Waals surface area contributed by atoms with Crippen molar-refractivity contribution in [2.75, 3.05) is 16.8 Å². The van der Waals surface area contributed by atoms with Gasteiger partial charge in [-0.1, -0.05) is 16.8 Å². The van der Waals surface area contributed by atoms with Gasteiger partial charge in [-0.05, 0) is 65.8 Å². The summed E-state index contributed by atoms with van der Waals surface area (Å²) in [6.45, 7) is 11.9. The average molecular weight is 500 g/mol. The number of hydrogen-bond acceptors (Lipinski definition) is 8. The van der Waals surface area contributed by atoms with Gasteiger partial charge in [0.2, 0.25) is 5.95 Å². The molecule has 1 saturated heterocycles. The summed E-state index contributed by atoms with van der Waals surface area (Å²) in [4.78, 5) is 23.3. The Hall–Kier alpha value is -3.17. The highest BCUT2D eigenvalue weighted by molar-refractivity contribution is 6.30. The lowest BCUT2D eigenvalue weighted by atomic mass is 10.1. The summed E-state index contributed by atoms with van der Waals surface area (Å²) in [6, 6.07) is 10.4. The van der Waals surface area contributed by atoms with Crippen LogP contribution in [0.15, 0.2) is 40.9 Å². The Kier molecular flexibility index (Phi) is 7.00. The van der Waals surface area contributed by atoms with Crippen LogP contribution in [0.2, 0.25) is 5.02 Å². The second kappa shape index (κ2) is 9.83. The lowest BCUT2D eigenvalue weighted by molar-refractivity contribution is -0.0618. The number of benzene rings is 1. The monoisotopic (exact) mass is 499 g/mol. The fourth-order valence-corrected chi connectivity index (χ4v) is 4.06. The number of amides is 1. The summed E-state index contributed by atoms with van der Waals surface area (Å²) < 4.78 is 17.0. The molecule has 1 aliphatic heterocycles. The number of carbonyl (C=O) groups is 1. The van der Waals surface area contributed by atoms with E-state index in [4.69, 9.17) is 25.6 Å². The van der Waals surface area contributed by atoms with Crippen LogP contribution in [0.3, 0.4) is 0 Å². The third kappa shape index (κ3) is 5.91. The molecule has 10 heteroatoms. The maximum atomic E-state index is 12.6. The summed E-state index contributed by atoms with van der Waals surface area (Å²) in [5.41, 5.74) is 1.91. The molecule has 35 heavy (non-hydrogen) atoms. The molecular formula is C25H30ClN5O4. The van der Waals surface area contributed by atoms with Crippen LogP contribution < -0.4 is 10.2 Å². The van der Waals surface area contributed by atoms with Crippen LogP contribution in [0.4, 0.5) is 16.6 Å². The van der Waals surface area contributed by atoms with E-state index in [0.717, 1.165) is 5.56 Å². The second-order valence-corrected chi connectivity index (χ2v) is 10.1. The predicted molar refractivity (Wildman–Crippen MR) is 134 cm³/mol. The van der Waals surface area contributed by atoms with Crippen molar-refractivity contribution < 1.29 is 18.8 Å². The van der Waals surface area contributed by atoms with E-state index < -0.39 is 6.09 Å². The van der Waals surface area contributed by atoms with Gasteiger partial charge in [-0.2, -0.15) is 4.98 Å². The van der Waals surface area contributed by atoms with Crippen molar-refractivity contribution in [3.63, 3.8) is 0 Å². The molecule has 0 radical (unpaired) electrons. The van der Waals surface area contributed by atoms with Gasteiger partial charge < -0.3 is 19.3 Å². The first kappa shape index (κ1) is 24.9. The molecule has 3 heterocycles. The fourth-order valence-electron chi connectivity index (χ4n) is 3.93. The normalized spacial score (nSPS) is 17.9. The van der Waals surface area contributed by atoms with Crippen LogP contribution in [0.5, 0.6) is 0 Å². The highest BCUT2D eigenvalue weighted by atomic mass is 35.5. The minimum atomic E-state index is -0.458. The highest BCUT2D eigenvalue weighted by Gasteiger charge is 2.40. The zero-order valence-corrected chi connectivity index (χ0v) is 21.5.